The summed E-state index contributed by atoms with van der Waals surface area (Å²) in [7, 11) is 0. The standard InChI is InChI=1S/C14H29NO/c1-13(2,14(3,4)16)15-11-12-9-7-5-6-8-10-12/h12,15-16H,5-11H2,1-4H3. The Hall–Kier alpha value is -0.0800. The first-order valence-corrected chi connectivity index (χ1v) is 6.80. The van der Waals surface area contributed by atoms with Crippen molar-refractivity contribution in [1.29, 1.82) is 0 Å². The average Bonchev–Trinajstić information content (AvgIpc) is 2.41. The fourth-order valence-corrected chi connectivity index (χ4v) is 2.18. The molecule has 0 aromatic rings. The monoisotopic (exact) mass is 227 g/mol. The van der Waals surface area contributed by atoms with Crippen molar-refractivity contribution in [3.05, 3.63) is 0 Å². The van der Waals surface area contributed by atoms with E-state index in [9.17, 15) is 5.11 Å². The predicted octanol–water partition coefficient (Wildman–Crippen LogP) is 3.10. The van der Waals surface area contributed by atoms with Crippen LogP contribution < -0.4 is 5.32 Å². The molecular formula is C14H29NO. The van der Waals surface area contributed by atoms with Gasteiger partial charge in [0, 0.05) is 5.54 Å². The minimum atomic E-state index is -0.669. The molecule has 0 amide bonds. The molecule has 2 nitrogen and oxygen atoms in total. The van der Waals surface area contributed by atoms with Crippen molar-refractivity contribution in [1.82, 2.24) is 5.32 Å². The van der Waals surface area contributed by atoms with Crippen molar-refractivity contribution < 1.29 is 5.11 Å². The van der Waals surface area contributed by atoms with Gasteiger partial charge in [0.05, 0.1) is 5.60 Å². The maximum absolute atomic E-state index is 10.1. The van der Waals surface area contributed by atoms with E-state index in [2.05, 4.69) is 19.2 Å². The minimum Gasteiger partial charge on any atom is -0.389 e. The summed E-state index contributed by atoms with van der Waals surface area (Å²) in [5.74, 6) is 0.809. The fraction of sp³-hybridized carbons (Fsp3) is 1.00. The van der Waals surface area contributed by atoms with Crippen LogP contribution in [0.3, 0.4) is 0 Å². The summed E-state index contributed by atoms with van der Waals surface area (Å²) < 4.78 is 0. The first-order valence-electron chi connectivity index (χ1n) is 6.80. The van der Waals surface area contributed by atoms with Gasteiger partial charge in [-0.05, 0) is 53.0 Å². The van der Waals surface area contributed by atoms with E-state index in [-0.39, 0.29) is 5.54 Å². The van der Waals surface area contributed by atoms with Gasteiger partial charge >= 0.3 is 0 Å². The second-order valence-corrected chi connectivity index (χ2v) is 6.42. The zero-order valence-electron chi connectivity index (χ0n) is 11.5. The van der Waals surface area contributed by atoms with Crippen LogP contribution >= 0.6 is 0 Å². The van der Waals surface area contributed by atoms with Gasteiger partial charge in [0.25, 0.3) is 0 Å². The molecule has 2 heteroatoms. The Bertz CT molecular complexity index is 197. The molecule has 1 saturated carbocycles. The molecule has 0 spiro atoms. The van der Waals surface area contributed by atoms with Crippen LogP contribution in [0, 0.1) is 5.92 Å². The smallest absolute Gasteiger partial charge is 0.0767 e. The van der Waals surface area contributed by atoms with Crippen LogP contribution in [-0.4, -0.2) is 22.8 Å². The third kappa shape index (κ3) is 4.06. The first kappa shape index (κ1) is 14.0. The van der Waals surface area contributed by atoms with E-state index >= 15 is 0 Å². The molecule has 0 aliphatic heterocycles. The molecule has 0 bridgehead atoms. The lowest BCUT2D eigenvalue weighted by Crippen LogP contribution is -2.56. The third-order valence-electron chi connectivity index (χ3n) is 4.34. The number of hydrogen-bond acceptors (Lipinski definition) is 2. The predicted molar refractivity (Wildman–Crippen MR) is 69.6 cm³/mol. The number of rotatable bonds is 4. The summed E-state index contributed by atoms with van der Waals surface area (Å²) in [6.45, 7) is 8.99. The lowest BCUT2D eigenvalue weighted by Gasteiger charge is -2.39. The van der Waals surface area contributed by atoms with E-state index in [1.165, 1.54) is 38.5 Å². The molecule has 2 N–H and O–H groups in total. The minimum absolute atomic E-state index is 0.209. The summed E-state index contributed by atoms with van der Waals surface area (Å²) in [6, 6.07) is 0. The van der Waals surface area contributed by atoms with E-state index in [1.54, 1.807) is 0 Å². The Kier molecular flexibility index (Phi) is 4.81. The second-order valence-electron chi connectivity index (χ2n) is 6.42. The SMILES string of the molecule is CC(C)(O)C(C)(C)NCC1CCCCCC1. The highest BCUT2D eigenvalue weighted by atomic mass is 16.3. The van der Waals surface area contributed by atoms with Gasteiger partial charge in [0.2, 0.25) is 0 Å². The highest BCUT2D eigenvalue weighted by Crippen LogP contribution is 2.25. The van der Waals surface area contributed by atoms with E-state index in [0.29, 0.717) is 0 Å². The van der Waals surface area contributed by atoms with Crippen molar-refractivity contribution in [2.24, 2.45) is 5.92 Å². The van der Waals surface area contributed by atoms with Crippen molar-refractivity contribution in [3.63, 3.8) is 0 Å². The average molecular weight is 227 g/mol. The van der Waals surface area contributed by atoms with E-state index in [0.717, 1.165) is 12.5 Å². The van der Waals surface area contributed by atoms with Gasteiger partial charge in [0.1, 0.15) is 0 Å². The van der Waals surface area contributed by atoms with E-state index in [1.807, 2.05) is 13.8 Å². The molecular weight excluding hydrogens is 198 g/mol. The maximum Gasteiger partial charge on any atom is 0.0767 e. The molecule has 1 aliphatic rings. The zero-order valence-corrected chi connectivity index (χ0v) is 11.5. The van der Waals surface area contributed by atoms with Crippen molar-refractivity contribution in [2.75, 3.05) is 6.54 Å². The van der Waals surface area contributed by atoms with Crippen molar-refractivity contribution >= 4 is 0 Å². The Labute approximate surface area is 101 Å². The molecule has 1 aliphatic carbocycles. The molecule has 0 aromatic heterocycles. The largest absolute Gasteiger partial charge is 0.389 e. The molecule has 1 rings (SSSR count). The van der Waals surface area contributed by atoms with Gasteiger partial charge in [-0.2, -0.15) is 0 Å². The van der Waals surface area contributed by atoms with Gasteiger partial charge in [-0.3, -0.25) is 0 Å². The molecule has 0 saturated heterocycles. The summed E-state index contributed by atoms with van der Waals surface area (Å²) in [4.78, 5) is 0. The lowest BCUT2D eigenvalue weighted by atomic mass is 9.85. The van der Waals surface area contributed by atoms with Crippen LogP contribution in [-0.2, 0) is 0 Å². The van der Waals surface area contributed by atoms with Gasteiger partial charge in [-0.25, -0.2) is 0 Å². The molecule has 96 valence electrons. The van der Waals surface area contributed by atoms with Gasteiger partial charge in [0.15, 0.2) is 0 Å². The molecule has 0 heterocycles. The summed E-state index contributed by atoms with van der Waals surface area (Å²) in [5, 5.41) is 13.6. The molecule has 16 heavy (non-hydrogen) atoms. The zero-order chi connectivity index (χ0) is 12.2. The summed E-state index contributed by atoms with van der Waals surface area (Å²) in [5.41, 5.74) is -0.878. The lowest BCUT2D eigenvalue weighted by molar-refractivity contribution is -0.00633. The molecule has 1 fully saturated rings. The van der Waals surface area contributed by atoms with Crippen LogP contribution in [0.2, 0.25) is 0 Å². The summed E-state index contributed by atoms with van der Waals surface area (Å²) in [6.07, 6.45) is 8.30. The van der Waals surface area contributed by atoms with Gasteiger partial charge in [-0.15, -0.1) is 0 Å². The van der Waals surface area contributed by atoms with E-state index in [4.69, 9.17) is 0 Å². The van der Waals surface area contributed by atoms with E-state index < -0.39 is 5.60 Å². The van der Waals surface area contributed by atoms with Crippen LogP contribution in [0.15, 0.2) is 0 Å². The molecule has 0 aromatic carbocycles. The second kappa shape index (κ2) is 5.50. The maximum atomic E-state index is 10.1. The van der Waals surface area contributed by atoms with Gasteiger partial charge in [-0.1, -0.05) is 25.7 Å². The van der Waals surface area contributed by atoms with Crippen LogP contribution in [0.4, 0.5) is 0 Å². The Morgan fingerprint density at radius 1 is 1.00 bits per heavy atom. The normalized spacial score (nSPS) is 20.8. The number of hydrogen-bond donors (Lipinski definition) is 2. The third-order valence-corrected chi connectivity index (χ3v) is 4.34. The quantitative estimate of drug-likeness (QED) is 0.723. The van der Waals surface area contributed by atoms with Crippen molar-refractivity contribution in [3.8, 4) is 0 Å². The first-order chi connectivity index (χ1) is 7.33. The Morgan fingerprint density at radius 2 is 1.50 bits per heavy atom. The highest BCUT2D eigenvalue weighted by Gasteiger charge is 2.34. The Morgan fingerprint density at radius 3 is 1.94 bits per heavy atom. The van der Waals surface area contributed by atoms with Crippen LogP contribution in [0.1, 0.15) is 66.2 Å². The van der Waals surface area contributed by atoms with Gasteiger partial charge < -0.3 is 10.4 Å². The molecule has 0 atom stereocenters. The topological polar surface area (TPSA) is 32.3 Å². The Balaban J connectivity index is 2.37. The number of aliphatic hydroxyl groups is 1. The fourth-order valence-electron chi connectivity index (χ4n) is 2.18. The van der Waals surface area contributed by atoms with Crippen LogP contribution in [0.5, 0.6) is 0 Å². The number of nitrogens with one attached hydrogen (secondary N) is 1. The highest BCUT2D eigenvalue weighted by molar-refractivity contribution is 4.93. The molecule has 0 radical (unpaired) electrons. The molecule has 0 unspecified atom stereocenters. The van der Waals surface area contributed by atoms with Crippen molar-refractivity contribution in [2.45, 2.75) is 77.4 Å². The van der Waals surface area contributed by atoms with Crippen LogP contribution in [0.25, 0.3) is 0 Å². The summed E-state index contributed by atoms with van der Waals surface area (Å²) >= 11 is 0.